The smallest absolute Gasteiger partial charge is 0.387 e. The summed E-state index contributed by atoms with van der Waals surface area (Å²) in [4.78, 5) is -0.299. The molecule has 1 N–H and O–H groups in total. The van der Waals surface area contributed by atoms with E-state index in [0.717, 1.165) is 10.0 Å². The SMILES string of the molecule is CNCc1cn(S(=O)(=O)c2cccc(OC(F)F)c2)c(-c2ccccc2F)c1OC.Cl. The summed E-state index contributed by atoms with van der Waals surface area (Å²) >= 11 is 0. The van der Waals surface area contributed by atoms with E-state index in [4.69, 9.17) is 4.74 Å². The van der Waals surface area contributed by atoms with Crippen molar-refractivity contribution in [2.24, 2.45) is 0 Å². The standard InChI is InChI=1S/C20H19F3N2O4S.ClH/c1-24-11-13-12-25(18(19(13)28-2)16-8-3-4-9-17(16)21)30(26,27)15-7-5-6-14(10-15)29-20(22)23;/h3-10,12,20,24H,11H2,1-2H3;1H. The van der Waals surface area contributed by atoms with E-state index in [0.29, 0.717) is 5.56 Å². The molecule has 168 valence electrons. The number of nitrogens with zero attached hydrogens (tertiary/aromatic N) is 1. The molecule has 0 aliphatic heterocycles. The van der Waals surface area contributed by atoms with Crippen LogP contribution in [0, 0.1) is 5.82 Å². The number of hydrogen-bond acceptors (Lipinski definition) is 5. The molecule has 0 atom stereocenters. The minimum absolute atomic E-state index is 0. The van der Waals surface area contributed by atoms with Crippen molar-refractivity contribution in [2.45, 2.75) is 18.1 Å². The largest absolute Gasteiger partial charge is 0.494 e. The van der Waals surface area contributed by atoms with Gasteiger partial charge in [-0.2, -0.15) is 8.78 Å². The highest BCUT2D eigenvalue weighted by Gasteiger charge is 2.28. The van der Waals surface area contributed by atoms with E-state index in [1.165, 1.54) is 49.7 Å². The van der Waals surface area contributed by atoms with Gasteiger partial charge in [-0.25, -0.2) is 16.8 Å². The van der Waals surface area contributed by atoms with Crippen LogP contribution >= 0.6 is 12.4 Å². The molecule has 6 nitrogen and oxygen atoms in total. The molecule has 3 aromatic rings. The van der Waals surface area contributed by atoms with Gasteiger partial charge in [0, 0.05) is 29.9 Å². The Balaban J connectivity index is 0.00000341. The second kappa shape index (κ2) is 10.1. The molecule has 0 saturated carbocycles. The number of methoxy groups -OCH3 is 1. The van der Waals surface area contributed by atoms with E-state index in [9.17, 15) is 21.6 Å². The van der Waals surface area contributed by atoms with Crippen molar-refractivity contribution in [1.29, 1.82) is 0 Å². The molecule has 3 rings (SSSR count). The molecule has 0 bridgehead atoms. The minimum atomic E-state index is -4.31. The van der Waals surface area contributed by atoms with E-state index >= 15 is 0 Å². The Morgan fingerprint density at radius 3 is 2.45 bits per heavy atom. The number of hydrogen-bond donors (Lipinski definition) is 1. The first-order valence-corrected chi connectivity index (χ1v) is 10.2. The van der Waals surface area contributed by atoms with Crippen molar-refractivity contribution in [3.05, 3.63) is 66.1 Å². The van der Waals surface area contributed by atoms with Crippen LogP contribution < -0.4 is 14.8 Å². The van der Waals surface area contributed by atoms with Crippen LogP contribution in [-0.2, 0) is 16.6 Å². The molecule has 0 radical (unpaired) electrons. The fourth-order valence-corrected chi connectivity index (χ4v) is 4.50. The first kappa shape index (κ1) is 24.6. The van der Waals surface area contributed by atoms with E-state index in [2.05, 4.69) is 10.1 Å². The van der Waals surface area contributed by atoms with Gasteiger partial charge >= 0.3 is 6.61 Å². The monoisotopic (exact) mass is 476 g/mol. The Morgan fingerprint density at radius 2 is 1.84 bits per heavy atom. The van der Waals surface area contributed by atoms with Gasteiger partial charge in [-0.3, -0.25) is 0 Å². The van der Waals surface area contributed by atoms with Crippen LogP contribution in [0.2, 0.25) is 0 Å². The van der Waals surface area contributed by atoms with Crippen LogP contribution in [0.25, 0.3) is 11.3 Å². The average Bonchev–Trinajstić information content (AvgIpc) is 3.07. The Kier molecular flexibility index (Phi) is 7.99. The first-order chi connectivity index (χ1) is 14.3. The second-order valence-electron chi connectivity index (χ2n) is 6.20. The molecule has 31 heavy (non-hydrogen) atoms. The average molecular weight is 477 g/mol. The van der Waals surface area contributed by atoms with Crippen LogP contribution in [0.15, 0.2) is 59.6 Å². The van der Waals surface area contributed by atoms with E-state index < -0.39 is 22.5 Å². The zero-order chi connectivity index (χ0) is 21.9. The van der Waals surface area contributed by atoms with Crippen molar-refractivity contribution in [1.82, 2.24) is 9.29 Å². The molecule has 0 spiro atoms. The number of alkyl halides is 2. The summed E-state index contributed by atoms with van der Waals surface area (Å²) in [6.45, 7) is -2.85. The minimum Gasteiger partial charge on any atom is -0.494 e. The number of nitrogens with one attached hydrogen (secondary N) is 1. The number of halogens is 4. The van der Waals surface area contributed by atoms with Crippen LogP contribution in [-0.4, -0.2) is 33.2 Å². The molecule has 0 unspecified atom stereocenters. The van der Waals surface area contributed by atoms with Crippen LogP contribution in [0.1, 0.15) is 5.56 Å². The first-order valence-electron chi connectivity index (χ1n) is 8.77. The fourth-order valence-electron chi connectivity index (χ4n) is 3.07. The Hall–Kier alpha value is -2.69. The molecule has 0 aliphatic rings. The van der Waals surface area contributed by atoms with Crippen LogP contribution in [0.5, 0.6) is 11.5 Å². The summed E-state index contributed by atoms with van der Waals surface area (Å²) < 4.78 is 77.0. The maximum absolute atomic E-state index is 14.6. The van der Waals surface area contributed by atoms with Crippen molar-refractivity contribution in [3.8, 4) is 22.8 Å². The van der Waals surface area contributed by atoms with Crippen molar-refractivity contribution in [2.75, 3.05) is 14.2 Å². The van der Waals surface area contributed by atoms with E-state index in [1.807, 2.05) is 0 Å². The zero-order valence-corrected chi connectivity index (χ0v) is 18.1. The van der Waals surface area contributed by atoms with Gasteiger partial charge in [0.05, 0.1) is 12.0 Å². The predicted octanol–water partition coefficient (Wildman–Crippen LogP) is 4.28. The van der Waals surface area contributed by atoms with Gasteiger partial charge in [0.25, 0.3) is 10.0 Å². The predicted molar refractivity (Wildman–Crippen MR) is 112 cm³/mol. The number of benzene rings is 2. The van der Waals surface area contributed by atoms with Gasteiger partial charge < -0.3 is 14.8 Å². The second-order valence-corrected chi connectivity index (χ2v) is 8.02. The summed E-state index contributed by atoms with van der Waals surface area (Å²) in [6, 6.07) is 10.4. The Labute approximate surface area is 184 Å². The molecule has 0 fully saturated rings. The highest BCUT2D eigenvalue weighted by atomic mass is 35.5. The summed E-state index contributed by atoms with van der Waals surface area (Å²) in [7, 11) is -1.29. The van der Waals surface area contributed by atoms with Crippen LogP contribution in [0.3, 0.4) is 0 Å². The molecular weight excluding hydrogens is 457 g/mol. The topological polar surface area (TPSA) is 69.6 Å². The highest BCUT2D eigenvalue weighted by Crippen LogP contribution is 2.39. The lowest BCUT2D eigenvalue weighted by atomic mass is 10.1. The lowest BCUT2D eigenvalue weighted by molar-refractivity contribution is -0.0499. The maximum Gasteiger partial charge on any atom is 0.387 e. The van der Waals surface area contributed by atoms with E-state index in [1.54, 1.807) is 13.1 Å². The molecule has 1 aromatic heterocycles. The highest BCUT2D eigenvalue weighted by molar-refractivity contribution is 7.90. The summed E-state index contributed by atoms with van der Waals surface area (Å²) in [6.07, 6.45) is 1.31. The number of ether oxygens (including phenoxy) is 2. The van der Waals surface area contributed by atoms with Crippen LogP contribution in [0.4, 0.5) is 13.2 Å². The molecule has 0 aliphatic carbocycles. The van der Waals surface area contributed by atoms with Gasteiger partial charge in [-0.15, -0.1) is 12.4 Å². The third kappa shape index (κ3) is 4.97. The summed E-state index contributed by atoms with van der Waals surface area (Å²) in [5.41, 5.74) is 0.475. The molecule has 11 heteroatoms. The Morgan fingerprint density at radius 1 is 1.13 bits per heavy atom. The number of rotatable bonds is 8. The third-order valence-electron chi connectivity index (χ3n) is 4.29. The van der Waals surface area contributed by atoms with Gasteiger partial charge in [0.1, 0.15) is 23.0 Å². The lowest BCUT2D eigenvalue weighted by Crippen LogP contribution is -2.14. The van der Waals surface area contributed by atoms with Crippen molar-refractivity contribution >= 4 is 22.4 Å². The van der Waals surface area contributed by atoms with Gasteiger partial charge in [-0.05, 0) is 31.3 Å². The quantitative estimate of drug-likeness (QED) is 0.525. The molecule has 0 amide bonds. The molecule has 1 heterocycles. The van der Waals surface area contributed by atoms with Gasteiger partial charge in [0.15, 0.2) is 0 Å². The van der Waals surface area contributed by atoms with E-state index in [-0.39, 0.29) is 46.6 Å². The summed E-state index contributed by atoms with van der Waals surface area (Å²) in [5, 5.41) is 2.90. The molecule has 0 saturated heterocycles. The molecular formula is C20H20ClF3N2O4S. The fraction of sp³-hybridized carbons (Fsp3) is 0.200. The van der Waals surface area contributed by atoms with Crippen molar-refractivity contribution in [3.63, 3.8) is 0 Å². The lowest BCUT2D eigenvalue weighted by Gasteiger charge is -2.13. The maximum atomic E-state index is 14.6. The van der Waals surface area contributed by atoms with Gasteiger partial charge in [0.2, 0.25) is 0 Å². The Bertz CT molecular complexity index is 1150. The zero-order valence-electron chi connectivity index (χ0n) is 16.5. The van der Waals surface area contributed by atoms with Crippen molar-refractivity contribution < 1.29 is 31.1 Å². The third-order valence-corrected chi connectivity index (χ3v) is 5.94. The summed E-state index contributed by atoms with van der Waals surface area (Å²) in [5.74, 6) is -0.776. The molecule has 2 aromatic carbocycles. The normalized spacial score (nSPS) is 11.3. The van der Waals surface area contributed by atoms with Gasteiger partial charge in [-0.1, -0.05) is 18.2 Å². The number of aromatic nitrogens is 1.